The zero-order chi connectivity index (χ0) is 37.5. The number of esters is 2. The first-order valence-electron chi connectivity index (χ1n) is 20.8. The van der Waals surface area contributed by atoms with Crippen molar-refractivity contribution in [3.8, 4) is 0 Å². The van der Waals surface area contributed by atoms with Crippen LogP contribution in [0.25, 0.3) is 0 Å². The topological polar surface area (TPSA) is 134 Å². The first kappa shape index (κ1) is 49.5. The molecule has 0 heterocycles. The summed E-state index contributed by atoms with van der Waals surface area (Å²) in [4.78, 5) is 34.8. The number of unbranched alkanes of at least 4 members (excludes halogenated alkanes) is 22. The van der Waals surface area contributed by atoms with Crippen LogP contribution in [0.4, 0.5) is 0 Å². The maximum Gasteiger partial charge on any atom is 0.472 e. The predicted octanol–water partition coefficient (Wildman–Crippen LogP) is 11.6. The second-order valence-electron chi connectivity index (χ2n) is 13.8. The minimum atomic E-state index is -4.38. The van der Waals surface area contributed by atoms with E-state index in [4.69, 9.17) is 24.3 Å². The van der Waals surface area contributed by atoms with Crippen molar-refractivity contribution in [2.24, 2.45) is 5.73 Å². The van der Waals surface area contributed by atoms with Gasteiger partial charge in [-0.1, -0.05) is 141 Å². The van der Waals surface area contributed by atoms with Crippen molar-refractivity contribution in [3.05, 3.63) is 24.3 Å². The van der Waals surface area contributed by atoms with Crippen LogP contribution in [0.1, 0.15) is 194 Å². The minimum Gasteiger partial charge on any atom is -0.462 e. The summed E-state index contributed by atoms with van der Waals surface area (Å²) in [6.45, 7) is 3.69. The Balaban J connectivity index is 4.22. The fourth-order valence-corrected chi connectivity index (χ4v) is 6.45. The molecule has 0 aromatic heterocycles. The highest BCUT2D eigenvalue weighted by Crippen LogP contribution is 2.43. The number of phosphoric ester groups is 1. The number of carbonyl (C=O) groups excluding carboxylic acids is 2. The van der Waals surface area contributed by atoms with Crippen molar-refractivity contribution in [2.75, 3.05) is 26.4 Å². The van der Waals surface area contributed by atoms with Gasteiger partial charge >= 0.3 is 19.8 Å². The highest BCUT2D eigenvalue weighted by atomic mass is 31.2. The molecule has 51 heavy (non-hydrogen) atoms. The number of phosphoric acid groups is 1. The van der Waals surface area contributed by atoms with Crippen molar-refractivity contribution in [3.63, 3.8) is 0 Å². The Morgan fingerprint density at radius 1 is 0.569 bits per heavy atom. The van der Waals surface area contributed by atoms with E-state index in [-0.39, 0.29) is 32.6 Å². The zero-order valence-electron chi connectivity index (χ0n) is 32.8. The number of nitrogens with two attached hydrogens (primary N) is 1. The highest BCUT2D eigenvalue weighted by Gasteiger charge is 2.25. The first-order chi connectivity index (χ1) is 24.8. The monoisotopic (exact) mass is 744 g/mol. The smallest absolute Gasteiger partial charge is 0.462 e. The van der Waals surface area contributed by atoms with Gasteiger partial charge in [0.15, 0.2) is 6.10 Å². The maximum atomic E-state index is 12.5. The van der Waals surface area contributed by atoms with Crippen molar-refractivity contribution >= 4 is 19.8 Å². The molecule has 0 rings (SSSR count). The van der Waals surface area contributed by atoms with Crippen molar-refractivity contribution in [2.45, 2.75) is 200 Å². The summed E-state index contributed by atoms with van der Waals surface area (Å²) in [5.41, 5.74) is 5.34. The van der Waals surface area contributed by atoms with E-state index in [1.807, 2.05) is 0 Å². The van der Waals surface area contributed by atoms with Crippen LogP contribution in [0.2, 0.25) is 0 Å². The van der Waals surface area contributed by atoms with E-state index in [0.717, 1.165) is 44.9 Å². The summed E-state index contributed by atoms with van der Waals surface area (Å²) in [5.74, 6) is -0.869. The summed E-state index contributed by atoms with van der Waals surface area (Å²) in [6, 6.07) is 0. The summed E-state index contributed by atoms with van der Waals surface area (Å²) in [6.07, 6.45) is 39.2. The molecule has 3 N–H and O–H groups in total. The molecule has 0 aliphatic heterocycles. The Hall–Kier alpha value is -1.51. The third-order valence-electron chi connectivity index (χ3n) is 8.81. The van der Waals surface area contributed by atoms with E-state index in [9.17, 15) is 19.0 Å². The number of allylic oxidation sites excluding steroid dienone is 4. The van der Waals surface area contributed by atoms with Gasteiger partial charge in [-0.3, -0.25) is 18.6 Å². The van der Waals surface area contributed by atoms with E-state index >= 15 is 0 Å². The normalized spacial score (nSPS) is 13.6. The largest absolute Gasteiger partial charge is 0.472 e. The summed E-state index contributed by atoms with van der Waals surface area (Å²) >= 11 is 0. The van der Waals surface area contributed by atoms with Crippen molar-refractivity contribution < 1.29 is 37.6 Å². The van der Waals surface area contributed by atoms with E-state index in [1.54, 1.807) is 0 Å². The van der Waals surface area contributed by atoms with Gasteiger partial charge in [-0.2, -0.15) is 0 Å². The standard InChI is InChI=1S/C41H78NO8P/c1-3-5-7-9-11-13-15-17-19-21-23-25-27-29-31-33-40(43)47-37-39(38-49-51(45,46)48-36-35-42)50-41(44)34-32-30-28-26-24-22-20-18-16-14-12-10-8-6-4-2/h22-25,39H,3-21,26-38,42H2,1-2H3,(H,45,46)/b24-22+,25-23+/t39-/m1/s1. The SMILES string of the molecule is CCCCCCCCCC/C=C/CCCCCC(=O)O[C@H](COC(=O)CCCC/C=C/CCCCCCCCCCC)COP(=O)(O)OCCN. The minimum absolute atomic E-state index is 0.0497. The molecule has 0 radical (unpaired) electrons. The second-order valence-corrected chi connectivity index (χ2v) is 15.3. The van der Waals surface area contributed by atoms with Gasteiger partial charge in [-0.05, 0) is 64.2 Å². The Bertz CT molecular complexity index is 897. The quantitative estimate of drug-likeness (QED) is 0.0273. The fourth-order valence-electron chi connectivity index (χ4n) is 5.68. The molecule has 300 valence electrons. The van der Waals surface area contributed by atoms with Crippen LogP contribution in [0, 0.1) is 0 Å². The van der Waals surface area contributed by atoms with Crippen LogP contribution < -0.4 is 5.73 Å². The highest BCUT2D eigenvalue weighted by molar-refractivity contribution is 7.47. The van der Waals surface area contributed by atoms with E-state index in [2.05, 4.69) is 38.2 Å². The van der Waals surface area contributed by atoms with Gasteiger partial charge in [0, 0.05) is 19.4 Å². The van der Waals surface area contributed by atoms with E-state index < -0.39 is 32.5 Å². The molecule has 10 heteroatoms. The Kier molecular flexibility index (Phi) is 37.1. The molecule has 1 unspecified atom stereocenters. The lowest BCUT2D eigenvalue weighted by Gasteiger charge is -2.19. The lowest BCUT2D eigenvalue weighted by atomic mass is 10.1. The molecule has 0 aromatic rings. The Labute approximate surface area is 312 Å². The van der Waals surface area contributed by atoms with Gasteiger partial charge in [0.1, 0.15) is 6.61 Å². The van der Waals surface area contributed by atoms with E-state index in [1.165, 1.54) is 109 Å². The molecule has 0 saturated carbocycles. The maximum absolute atomic E-state index is 12.5. The van der Waals surface area contributed by atoms with Gasteiger partial charge in [0.05, 0.1) is 13.2 Å². The number of carbonyl (C=O) groups is 2. The molecule has 0 saturated heterocycles. The Morgan fingerprint density at radius 2 is 0.961 bits per heavy atom. The van der Waals surface area contributed by atoms with Gasteiger partial charge in [0.25, 0.3) is 0 Å². The average molecular weight is 744 g/mol. The number of hydrogen-bond acceptors (Lipinski definition) is 8. The van der Waals surface area contributed by atoms with Crippen LogP contribution in [0.5, 0.6) is 0 Å². The molecule has 0 aliphatic carbocycles. The average Bonchev–Trinajstić information content (AvgIpc) is 3.11. The number of ether oxygens (including phenoxy) is 2. The molecular weight excluding hydrogens is 665 g/mol. The molecule has 9 nitrogen and oxygen atoms in total. The molecule has 0 aliphatic rings. The van der Waals surface area contributed by atoms with Crippen molar-refractivity contribution in [1.82, 2.24) is 0 Å². The van der Waals surface area contributed by atoms with Crippen LogP contribution in [0.3, 0.4) is 0 Å². The summed E-state index contributed by atoms with van der Waals surface area (Å²) in [5, 5.41) is 0. The van der Waals surface area contributed by atoms with Crippen LogP contribution >= 0.6 is 7.82 Å². The second kappa shape index (κ2) is 38.2. The van der Waals surface area contributed by atoms with Crippen LogP contribution in [0.15, 0.2) is 24.3 Å². The van der Waals surface area contributed by atoms with Gasteiger partial charge < -0.3 is 20.1 Å². The summed E-state index contributed by atoms with van der Waals surface area (Å²) in [7, 11) is -4.38. The molecule has 0 bridgehead atoms. The molecule has 0 amide bonds. The van der Waals surface area contributed by atoms with E-state index in [0.29, 0.717) is 12.8 Å². The first-order valence-corrected chi connectivity index (χ1v) is 22.3. The van der Waals surface area contributed by atoms with Gasteiger partial charge in [-0.15, -0.1) is 0 Å². The summed E-state index contributed by atoms with van der Waals surface area (Å²) < 4.78 is 32.7. The molecule has 2 atom stereocenters. The van der Waals surface area contributed by atoms with Crippen molar-refractivity contribution in [1.29, 1.82) is 0 Å². The Morgan fingerprint density at radius 3 is 1.43 bits per heavy atom. The molecule has 0 aromatic carbocycles. The number of hydrogen-bond donors (Lipinski definition) is 2. The molecule has 0 spiro atoms. The third kappa shape index (κ3) is 38.0. The predicted molar refractivity (Wildman–Crippen MR) is 211 cm³/mol. The zero-order valence-corrected chi connectivity index (χ0v) is 33.7. The van der Waals surface area contributed by atoms with Gasteiger partial charge in [-0.25, -0.2) is 4.57 Å². The lowest BCUT2D eigenvalue weighted by Crippen LogP contribution is -2.29. The molecular formula is C41H78NO8P. The van der Waals surface area contributed by atoms with Gasteiger partial charge in [0.2, 0.25) is 0 Å². The van der Waals surface area contributed by atoms with Crippen LogP contribution in [-0.2, 0) is 32.7 Å². The number of rotatable bonds is 39. The lowest BCUT2D eigenvalue weighted by molar-refractivity contribution is -0.161. The third-order valence-corrected chi connectivity index (χ3v) is 9.79. The molecule has 0 fully saturated rings. The van der Waals surface area contributed by atoms with Crippen LogP contribution in [-0.4, -0.2) is 49.3 Å². The fraction of sp³-hybridized carbons (Fsp3) is 0.854.